The molecule has 2 heterocycles. The first-order valence-electron chi connectivity index (χ1n) is 11.3. The van der Waals surface area contributed by atoms with E-state index in [1.54, 1.807) is 43.3 Å². The summed E-state index contributed by atoms with van der Waals surface area (Å²) in [4.78, 5) is 30.9. The Kier molecular flexibility index (Phi) is 7.44. The first-order chi connectivity index (χ1) is 17.8. The van der Waals surface area contributed by atoms with Gasteiger partial charge in [0.25, 0.3) is 0 Å². The number of hydrogen-bond acceptors (Lipinski definition) is 8. The van der Waals surface area contributed by atoms with Gasteiger partial charge in [-0.25, -0.2) is 4.79 Å². The summed E-state index contributed by atoms with van der Waals surface area (Å²) in [6, 6.07) is 15.5. The lowest BCUT2D eigenvalue weighted by molar-refractivity contribution is -0.0512. The molecule has 1 aliphatic rings. The van der Waals surface area contributed by atoms with Crippen molar-refractivity contribution in [3.05, 3.63) is 89.7 Å². The van der Waals surface area contributed by atoms with Crippen LogP contribution >= 0.6 is 0 Å². The minimum atomic E-state index is -3.10. The number of nitrogens with two attached hydrogens (primary N) is 1. The van der Waals surface area contributed by atoms with Crippen LogP contribution < -0.4 is 15.2 Å². The molecule has 0 fully saturated rings. The zero-order valence-corrected chi connectivity index (χ0v) is 20.0. The number of hydrogen-bond donors (Lipinski definition) is 1. The zero-order valence-electron chi connectivity index (χ0n) is 20.0. The maximum absolute atomic E-state index is 13.8. The van der Waals surface area contributed by atoms with Crippen LogP contribution in [0.3, 0.4) is 0 Å². The monoisotopic (exact) mass is 510 g/mol. The van der Waals surface area contributed by atoms with Gasteiger partial charge in [-0.1, -0.05) is 37.3 Å². The molecule has 2 unspecified atom stereocenters. The molecule has 4 rings (SSSR count). The summed E-state index contributed by atoms with van der Waals surface area (Å²) in [5, 5.41) is 5.27. The number of halogens is 2. The number of hydrazone groups is 1. The van der Waals surface area contributed by atoms with E-state index in [9.17, 15) is 18.4 Å². The van der Waals surface area contributed by atoms with Crippen LogP contribution in [0.15, 0.2) is 78.2 Å². The SMILES string of the molecule is CCC1OC(=O)N(C(N)(C(=O)c2ccncc2)c2ccccc2)N=C1c1ccc(OC)c(OC(F)F)c1. The van der Waals surface area contributed by atoms with Crippen LogP contribution in [0.5, 0.6) is 11.5 Å². The highest BCUT2D eigenvalue weighted by atomic mass is 19.3. The predicted molar refractivity (Wildman–Crippen MR) is 129 cm³/mol. The Morgan fingerprint density at radius 3 is 2.46 bits per heavy atom. The lowest BCUT2D eigenvalue weighted by Gasteiger charge is -2.39. The standard InChI is InChI=1S/C26H24F2N4O5/c1-3-19-22(17-9-10-20(35-2)21(15-17)36-24(27)28)31-32(25(34)37-19)26(29,18-7-5-4-6-8-18)23(33)16-11-13-30-14-12-16/h4-15,19,24H,3,29H2,1-2H3. The van der Waals surface area contributed by atoms with E-state index in [4.69, 9.17) is 15.2 Å². The Balaban J connectivity index is 1.89. The Labute approximate surface area is 211 Å². The third kappa shape index (κ3) is 4.98. The van der Waals surface area contributed by atoms with Crippen molar-refractivity contribution in [3.63, 3.8) is 0 Å². The van der Waals surface area contributed by atoms with Gasteiger partial charge in [0, 0.05) is 29.1 Å². The number of nitrogens with zero attached hydrogens (tertiary/aromatic N) is 3. The largest absolute Gasteiger partial charge is 0.493 e. The van der Waals surface area contributed by atoms with Crippen molar-refractivity contribution in [2.75, 3.05) is 7.11 Å². The number of Topliss-reactive ketones (excluding diaryl/α,β-unsaturated/α-hetero) is 1. The number of methoxy groups -OCH3 is 1. The van der Waals surface area contributed by atoms with Gasteiger partial charge < -0.3 is 14.2 Å². The minimum absolute atomic E-state index is 0.0766. The fourth-order valence-electron chi connectivity index (χ4n) is 3.97. The Bertz CT molecular complexity index is 1310. The first kappa shape index (κ1) is 25.7. The number of carbonyl (C=O) groups is 2. The van der Waals surface area contributed by atoms with Crippen LogP contribution in [-0.4, -0.2) is 47.4 Å². The average Bonchev–Trinajstić information content (AvgIpc) is 2.92. The van der Waals surface area contributed by atoms with Gasteiger partial charge in [-0.05, 0) is 36.8 Å². The molecule has 1 aromatic heterocycles. The first-order valence-corrected chi connectivity index (χ1v) is 11.3. The normalized spacial score (nSPS) is 17.0. The summed E-state index contributed by atoms with van der Waals surface area (Å²) in [7, 11) is 1.32. The average molecular weight is 510 g/mol. The number of carbonyl (C=O) groups excluding carboxylic acids is 2. The van der Waals surface area contributed by atoms with Gasteiger partial charge in [-0.3, -0.25) is 15.5 Å². The zero-order chi connectivity index (χ0) is 26.6. The van der Waals surface area contributed by atoms with E-state index in [1.165, 1.54) is 43.8 Å². The van der Waals surface area contributed by atoms with E-state index in [2.05, 4.69) is 14.8 Å². The topological polar surface area (TPSA) is 116 Å². The minimum Gasteiger partial charge on any atom is -0.493 e. The van der Waals surface area contributed by atoms with Crippen molar-refractivity contribution in [1.82, 2.24) is 9.99 Å². The number of cyclic esters (lactones) is 1. The predicted octanol–water partition coefficient (Wildman–Crippen LogP) is 4.32. The number of alkyl halides is 2. The van der Waals surface area contributed by atoms with Crippen molar-refractivity contribution in [3.8, 4) is 11.5 Å². The number of amides is 1. The maximum Gasteiger partial charge on any atom is 0.433 e. The second kappa shape index (κ2) is 10.7. The molecule has 2 N–H and O–H groups in total. The van der Waals surface area contributed by atoms with E-state index in [-0.39, 0.29) is 28.3 Å². The van der Waals surface area contributed by atoms with Gasteiger partial charge in [0.1, 0.15) is 11.8 Å². The number of aromatic nitrogens is 1. The molecule has 9 nitrogen and oxygen atoms in total. The molecule has 37 heavy (non-hydrogen) atoms. The van der Waals surface area contributed by atoms with E-state index in [0.717, 1.165) is 5.01 Å². The molecule has 0 saturated heterocycles. The second-order valence-electron chi connectivity index (χ2n) is 8.02. The van der Waals surface area contributed by atoms with Crippen molar-refractivity contribution in [2.24, 2.45) is 10.8 Å². The molecule has 1 amide bonds. The Morgan fingerprint density at radius 2 is 1.84 bits per heavy atom. The molecule has 2 atom stereocenters. The third-order valence-electron chi connectivity index (χ3n) is 5.81. The molecule has 1 aliphatic heterocycles. The van der Waals surface area contributed by atoms with E-state index in [1.807, 2.05) is 0 Å². The maximum atomic E-state index is 13.8. The number of benzene rings is 2. The smallest absolute Gasteiger partial charge is 0.433 e. The summed E-state index contributed by atoms with van der Waals surface area (Å²) >= 11 is 0. The van der Waals surface area contributed by atoms with Gasteiger partial charge in [-0.15, -0.1) is 0 Å². The van der Waals surface area contributed by atoms with E-state index in [0.29, 0.717) is 12.0 Å². The van der Waals surface area contributed by atoms with Crippen LogP contribution in [-0.2, 0) is 10.4 Å². The van der Waals surface area contributed by atoms with Gasteiger partial charge in [-0.2, -0.15) is 18.9 Å². The summed E-state index contributed by atoms with van der Waals surface area (Å²) in [5.74, 6) is -0.786. The van der Waals surface area contributed by atoms with Crippen molar-refractivity contribution >= 4 is 17.6 Å². The third-order valence-corrected chi connectivity index (χ3v) is 5.81. The highest BCUT2D eigenvalue weighted by Gasteiger charge is 2.49. The van der Waals surface area contributed by atoms with Crippen molar-refractivity contribution < 1.29 is 32.6 Å². The van der Waals surface area contributed by atoms with Gasteiger partial charge in [0.2, 0.25) is 11.4 Å². The molecule has 3 aromatic rings. The number of rotatable bonds is 9. The highest BCUT2D eigenvalue weighted by Crippen LogP contribution is 2.35. The fraction of sp³-hybridized carbons (Fsp3) is 0.231. The summed E-state index contributed by atoms with van der Waals surface area (Å²) in [6.45, 7) is -1.33. The summed E-state index contributed by atoms with van der Waals surface area (Å²) < 4.78 is 41.4. The Hall–Kier alpha value is -4.38. The number of ketones is 1. The van der Waals surface area contributed by atoms with Crippen LogP contribution in [0.1, 0.15) is 34.8 Å². The van der Waals surface area contributed by atoms with Gasteiger partial charge in [0.15, 0.2) is 11.5 Å². The molecule has 11 heteroatoms. The quantitative estimate of drug-likeness (QED) is 0.426. The molecule has 0 bridgehead atoms. The molecule has 0 saturated carbocycles. The molecule has 0 spiro atoms. The van der Waals surface area contributed by atoms with Crippen LogP contribution in [0.25, 0.3) is 0 Å². The fourth-order valence-corrected chi connectivity index (χ4v) is 3.97. The van der Waals surface area contributed by atoms with Crippen molar-refractivity contribution in [2.45, 2.75) is 31.7 Å². The van der Waals surface area contributed by atoms with Crippen molar-refractivity contribution in [1.29, 1.82) is 0 Å². The van der Waals surface area contributed by atoms with Gasteiger partial charge >= 0.3 is 12.7 Å². The summed E-state index contributed by atoms with van der Waals surface area (Å²) in [5.41, 5.74) is 5.61. The van der Waals surface area contributed by atoms with Crippen LogP contribution in [0, 0.1) is 0 Å². The Morgan fingerprint density at radius 1 is 1.14 bits per heavy atom. The molecule has 192 valence electrons. The lowest BCUT2D eigenvalue weighted by Crippen LogP contribution is -2.61. The number of ether oxygens (including phenoxy) is 3. The molecular formula is C26H24F2N4O5. The molecule has 2 aromatic carbocycles. The van der Waals surface area contributed by atoms with Crippen LogP contribution in [0.4, 0.5) is 13.6 Å². The second-order valence-corrected chi connectivity index (χ2v) is 8.02. The molecule has 0 aliphatic carbocycles. The van der Waals surface area contributed by atoms with Gasteiger partial charge in [0.05, 0.1) is 7.11 Å². The van der Waals surface area contributed by atoms with Crippen LogP contribution in [0.2, 0.25) is 0 Å². The molecule has 0 radical (unpaired) electrons. The summed E-state index contributed by atoms with van der Waals surface area (Å²) in [6.07, 6.45) is 1.39. The lowest BCUT2D eigenvalue weighted by atomic mass is 9.90. The highest BCUT2D eigenvalue weighted by molar-refractivity contribution is 6.09. The molecular weight excluding hydrogens is 486 g/mol. The van der Waals surface area contributed by atoms with E-state index < -0.39 is 30.3 Å². The number of pyridine rings is 1. The van der Waals surface area contributed by atoms with E-state index >= 15 is 0 Å².